The van der Waals surface area contributed by atoms with Crippen molar-refractivity contribution in [2.24, 2.45) is 0 Å². The number of benzene rings is 11. The van der Waals surface area contributed by atoms with E-state index in [9.17, 15) is 0 Å². The molecule has 0 saturated heterocycles. The Labute approximate surface area is 380 Å². The predicted octanol–water partition coefficient (Wildman–Crippen LogP) is 16.4. The molecule has 2 aliphatic carbocycles. The van der Waals surface area contributed by atoms with Crippen LogP contribution in [0.3, 0.4) is 0 Å². The third-order valence-corrected chi connectivity index (χ3v) is 14.5. The van der Waals surface area contributed by atoms with Crippen LogP contribution >= 0.6 is 0 Å². The fourth-order valence-electron chi connectivity index (χ4n) is 11.7. The zero-order chi connectivity index (χ0) is 42.9. The van der Waals surface area contributed by atoms with Crippen molar-refractivity contribution in [2.75, 3.05) is 0 Å². The molecule has 0 aromatic heterocycles. The van der Waals surface area contributed by atoms with E-state index in [-0.39, 0.29) is 11.8 Å². The summed E-state index contributed by atoms with van der Waals surface area (Å²) in [4.78, 5) is 0. The lowest BCUT2D eigenvalue weighted by atomic mass is 9.67. The van der Waals surface area contributed by atoms with Gasteiger partial charge in [-0.2, -0.15) is 0 Å². The van der Waals surface area contributed by atoms with Gasteiger partial charge in [0, 0.05) is 11.8 Å². The van der Waals surface area contributed by atoms with E-state index in [1.54, 1.807) is 0 Å². The molecule has 65 heavy (non-hydrogen) atoms. The molecule has 11 aromatic carbocycles. The van der Waals surface area contributed by atoms with E-state index in [4.69, 9.17) is 0 Å². The lowest BCUT2D eigenvalue weighted by Gasteiger charge is -2.34. The van der Waals surface area contributed by atoms with Crippen molar-refractivity contribution in [2.45, 2.75) is 17.3 Å². The van der Waals surface area contributed by atoms with Crippen LogP contribution in [0.25, 0.3) is 54.9 Å². The van der Waals surface area contributed by atoms with Gasteiger partial charge in [0.2, 0.25) is 0 Å². The maximum Gasteiger partial charge on any atom is 0.0713 e. The summed E-state index contributed by atoms with van der Waals surface area (Å²) in [5.74, 6) is 0.114. The third kappa shape index (κ3) is 5.84. The number of hydrogen-bond acceptors (Lipinski definition) is 0. The number of hydrogen-bond donors (Lipinski definition) is 0. The van der Waals surface area contributed by atoms with Gasteiger partial charge in [0.25, 0.3) is 0 Å². The molecule has 0 fully saturated rings. The lowest BCUT2D eigenvalue weighted by molar-refractivity contribution is 0.765. The second-order valence-electron chi connectivity index (χ2n) is 17.9. The third-order valence-electron chi connectivity index (χ3n) is 14.5. The predicted molar refractivity (Wildman–Crippen MR) is 271 cm³/mol. The van der Waals surface area contributed by atoms with Crippen LogP contribution in [-0.4, -0.2) is 0 Å². The molecule has 13 rings (SSSR count). The molecule has 0 heterocycles. The highest BCUT2D eigenvalue weighted by Gasteiger charge is 2.47. The Morgan fingerprint density at radius 2 is 0.831 bits per heavy atom. The normalized spacial score (nSPS) is 14.7. The van der Waals surface area contributed by atoms with Gasteiger partial charge in [0.15, 0.2) is 0 Å². The minimum Gasteiger partial charge on any atom is -0.0622 e. The molecule has 0 amide bonds. The van der Waals surface area contributed by atoms with Crippen LogP contribution in [0.5, 0.6) is 0 Å². The molecule has 2 aliphatic rings. The molecule has 0 spiro atoms. The standard InChI is InChI=1S/C65H44/c1-5-19-45(20-6-1)62(50-33-35-55-58-38-31-44-18-15-16-28-54(44)64(58)63(59(55)40-50)46-21-7-2-8-22-46)51-34-37-57-56-36-32-49(48-30-29-43-17-13-14-23-47(43)39-48)41-60(56)65(61(57)42-51,52-24-9-3-10-25-52)53-26-11-4-12-27-53/h1-42,62-63H. The van der Waals surface area contributed by atoms with Crippen molar-refractivity contribution in [1.82, 2.24) is 0 Å². The maximum atomic E-state index is 2.56. The van der Waals surface area contributed by atoms with E-state index in [0.717, 1.165) is 0 Å². The smallest absolute Gasteiger partial charge is 0.0622 e. The molecule has 0 saturated carbocycles. The van der Waals surface area contributed by atoms with Crippen molar-refractivity contribution >= 4 is 21.5 Å². The summed E-state index contributed by atoms with van der Waals surface area (Å²) >= 11 is 0. The molecule has 0 bridgehead atoms. The average molecular weight is 825 g/mol. The summed E-state index contributed by atoms with van der Waals surface area (Å²) < 4.78 is 0. The lowest BCUT2D eigenvalue weighted by Crippen LogP contribution is -2.28. The first kappa shape index (κ1) is 37.5. The molecule has 0 nitrogen and oxygen atoms in total. The van der Waals surface area contributed by atoms with E-state index in [1.807, 2.05) is 0 Å². The zero-order valence-corrected chi connectivity index (χ0v) is 35.9. The quantitative estimate of drug-likeness (QED) is 0.140. The van der Waals surface area contributed by atoms with Gasteiger partial charge in [-0.25, -0.2) is 0 Å². The number of fused-ring (bicyclic) bond motifs is 9. The summed E-state index contributed by atoms with van der Waals surface area (Å²) in [5, 5.41) is 5.12. The van der Waals surface area contributed by atoms with Gasteiger partial charge in [0.1, 0.15) is 0 Å². The van der Waals surface area contributed by atoms with E-state index in [0.29, 0.717) is 0 Å². The van der Waals surface area contributed by atoms with Gasteiger partial charge in [-0.1, -0.05) is 243 Å². The van der Waals surface area contributed by atoms with Crippen LogP contribution in [0.15, 0.2) is 255 Å². The van der Waals surface area contributed by atoms with Crippen molar-refractivity contribution in [1.29, 1.82) is 0 Å². The Morgan fingerprint density at radius 3 is 1.55 bits per heavy atom. The molecule has 304 valence electrons. The molecule has 0 radical (unpaired) electrons. The first-order valence-corrected chi connectivity index (χ1v) is 22.9. The first-order valence-electron chi connectivity index (χ1n) is 22.9. The van der Waals surface area contributed by atoms with E-state index in [2.05, 4.69) is 255 Å². The van der Waals surface area contributed by atoms with Gasteiger partial charge in [-0.05, 0) is 123 Å². The highest BCUT2D eigenvalue weighted by atomic mass is 14.5. The molecule has 0 N–H and O–H groups in total. The van der Waals surface area contributed by atoms with Crippen molar-refractivity contribution in [3.05, 3.63) is 310 Å². The highest BCUT2D eigenvalue weighted by molar-refractivity contribution is 5.98. The summed E-state index contributed by atoms with van der Waals surface area (Å²) in [6.45, 7) is 0. The Kier molecular flexibility index (Phi) is 8.68. The molecule has 11 aromatic rings. The Balaban J connectivity index is 1.03. The van der Waals surface area contributed by atoms with Gasteiger partial charge >= 0.3 is 0 Å². The van der Waals surface area contributed by atoms with Crippen molar-refractivity contribution in [3.63, 3.8) is 0 Å². The minimum atomic E-state index is -0.559. The monoisotopic (exact) mass is 824 g/mol. The summed E-state index contributed by atoms with van der Waals surface area (Å²) in [6.07, 6.45) is 0. The largest absolute Gasteiger partial charge is 0.0713 e. The summed E-state index contributed by atoms with van der Waals surface area (Å²) in [5.41, 5.74) is 20.3. The van der Waals surface area contributed by atoms with Crippen LogP contribution in [0, 0.1) is 0 Å². The van der Waals surface area contributed by atoms with Crippen LogP contribution in [0.2, 0.25) is 0 Å². The molecule has 2 unspecified atom stereocenters. The summed E-state index contributed by atoms with van der Waals surface area (Å²) in [7, 11) is 0. The molecule has 0 aliphatic heterocycles. The number of rotatable bonds is 7. The molecular weight excluding hydrogens is 781 g/mol. The van der Waals surface area contributed by atoms with Crippen LogP contribution in [0.4, 0.5) is 0 Å². The van der Waals surface area contributed by atoms with Crippen LogP contribution in [0.1, 0.15) is 67.5 Å². The first-order chi connectivity index (χ1) is 32.2. The minimum absolute atomic E-state index is 0.00944. The average Bonchev–Trinajstić information content (AvgIpc) is 3.87. The van der Waals surface area contributed by atoms with Gasteiger partial charge < -0.3 is 0 Å². The summed E-state index contributed by atoms with van der Waals surface area (Å²) in [6, 6.07) is 95.7. The second kappa shape index (κ2) is 15.0. The van der Waals surface area contributed by atoms with Gasteiger partial charge in [0.05, 0.1) is 5.41 Å². The highest BCUT2D eigenvalue weighted by Crippen LogP contribution is 2.58. The Morgan fingerprint density at radius 1 is 0.323 bits per heavy atom. The van der Waals surface area contributed by atoms with Gasteiger partial charge in [-0.3, -0.25) is 0 Å². The maximum absolute atomic E-state index is 2.56. The van der Waals surface area contributed by atoms with E-state index >= 15 is 0 Å². The molecule has 2 atom stereocenters. The Hall–Kier alpha value is -8.06. The van der Waals surface area contributed by atoms with Crippen molar-refractivity contribution < 1.29 is 0 Å². The fourth-order valence-corrected chi connectivity index (χ4v) is 11.7. The Bertz CT molecular complexity index is 3550. The van der Waals surface area contributed by atoms with Gasteiger partial charge in [-0.15, -0.1) is 0 Å². The van der Waals surface area contributed by atoms with E-state index < -0.39 is 5.41 Å². The SMILES string of the molecule is c1ccc(C(c2ccc3c(c2)C(c2ccccc2)c2c-3ccc3ccccc23)c2ccc3c(c2)C(c2ccccc2)(c2ccccc2)c2cc(-c4ccc5ccccc5c4)ccc2-3)cc1. The fraction of sp³-hybridized carbons (Fsp3) is 0.0462. The van der Waals surface area contributed by atoms with Crippen LogP contribution in [-0.2, 0) is 5.41 Å². The second-order valence-corrected chi connectivity index (χ2v) is 17.9. The van der Waals surface area contributed by atoms with Crippen molar-refractivity contribution in [3.8, 4) is 33.4 Å². The molecular formula is C65H44. The van der Waals surface area contributed by atoms with Crippen LogP contribution < -0.4 is 0 Å². The topological polar surface area (TPSA) is 0 Å². The zero-order valence-electron chi connectivity index (χ0n) is 35.9. The van der Waals surface area contributed by atoms with E-state index in [1.165, 1.54) is 111 Å². The molecule has 0 heteroatoms.